The van der Waals surface area contributed by atoms with E-state index in [2.05, 4.69) is 9.71 Å². The molecule has 6 nitrogen and oxygen atoms in total. The number of aromatic nitrogens is 1. The Morgan fingerprint density at radius 2 is 2.13 bits per heavy atom. The van der Waals surface area contributed by atoms with Crippen LogP contribution >= 0.6 is 11.8 Å². The Bertz CT molecular complexity index is 901. The molecular weight excluding hydrogens is 336 g/mol. The quantitative estimate of drug-likeness (QED) is 0.912. The van der Waals surface area contributed by atoms with Gasteiger partial charge in [-0.25, -0.2) is 13.1 Å². The largest absolute Gasteiger partial charge is 0.496 e. The van der Waals surface area contributed by atoms with Crippen LogP contribution in [0.3, 0.4) is 0 Å². The van der Waals surface area contributed by atoms with Gasteiger partial charge in [0.15, 0.2) is 0 Å². The average Bonchev–Trinajstić information content (AvgIpc) is 2.54. The molecule has 0 atom stereocenters. The zero-order valence-electron chi connectivity index (χ0n) is 12.3. The van der Waals surface area contributed by atoms with E-state index in [1.165, 1.54) is 17.8 Å². The third-order valence-corrected chi connectivity index (χ3v) is 5.82. The maximum absolute atomic E-state index is 12.6. The first-order valence-corrected chi connectivity index (χ1v) is 9.33. The Kier molecular flexibility index (Phi) is 4.27. The van der Waals surface area contributed by atoms with Crippen LogP contribution in [0, 0.1) is 0 Å². The van der Waals surface area contributed by atoms with Gasteiger partial charge in [0.1, 0.15) is 10.7 Å². The summed E-state index contributed by atoms with van der Waals surface area (Å²) in [7, 11) is -4.00. The highest BCUT2D eigenvalue weighted by molar-refractivity contribution is 8.04. The summed E-state index contributed by atoms with van der Waals surface area (Å²) in [5.74, 6) is 0.375. The van der Waals surface area contributed by atoms with Gasteiger partial charge in [-0.1, -0.05) is 6.07 Å². The standard InChI is InChI=1S/C15H14N2O4S2/c1-10-14(22-9-8-21-10)15(18)17-23(19,20)13-6-2-5-12-11(13)4-3-7-16-12/h2-7H,8-9H2,1H3,(H,17,18). The smallest absolute Gasteiger partial charge is 0.274 e. The lowest BCUT2D eigenvalue weighted by Crippen LogP contribution is -2.32. The highest BCUT2D eigenvalue weighted by atomic mass is 32.2. The molecule has 3 rings (SSSR count). The number of benzene rings is 1. The summed E-state index contributed by atoms with van der Waals surface area (Å²) >= 11 is 1.28. The highest BCUT2D eigenvalue weighted by Crippen LogP contribution is 2.27. The lowest BCUT2D eigenvalue weighted by atomic mass is 10.2. The minimum Gasteiger partial charge on any atom is -0.496 e. The average molecular weight is 350 g/mol. The molecule has 0 radical (unpaired) electrons. The number of amides is 1. The molecule has 2 aromatic rings. The molecule has 2 heterocycles. The SMILES string of the molecule is CC1=C(C(=O)NS(=O)(=O)c2cccc3ncccc23)SCCO1. The Labute approximate surface area is 138 Å². The van der Waals surface area contributed by atoms with E-state index in [1.807, 2.05) is 0 Å². The van der Waals surface area contributed by atoms with Crippen LogP contribution in [0.1, 0.15) is 6.92 Å². The minimum atomic E-state index is -4.00. The van der Waals surface area contributed by atoms with Crippen molar-refractivity contribution >= 4 is 38.6 Å². The van der Waals surface area contributed by atoms with Crippen molar-refractivity contribution < 1.29 is 17.9 Å². The van der Waals surface area contributed by atoms with E-state index in [4.69, 9.17) is 4.74 Å². The summed E-state index contributed by atoms with van der Waals surface area (Å²) < 4.78 is 32.6. The molecule has 0 fully saturated rings. The second-order valence-electron chi connectivity index (χ2n) is 4.84. The van der Waals surface area contributed by atoms with Crippen LogP contribution < -0.4 is 4.72 Å². The summed E-state index contributed by atoms with van der Waals surface area (Å²) in [6, 6.07) is 8.07. The van der Waals surface area contributed by atoms with Gasteiger partial charge in [0, 0.05) is 17.3 Å². The molecule has 1 aromatic heterocycles. The summed E-state index contributed by atoms with van der Waals surface area (Å²) in [6.07, 6.45) is 1.58. The van der Waals surface area contributed by atoms with Crippen LogP contribution in [0.4, 0.5) is 0 Å². The molecule has 0 aliphatic carbocycles. The van der Waals surface area contributed by atoms with Crippen LogP contribution in [-0.2, 0) is 19.6 Å². The van der Waals surface area contributed by atoms with Crippen molar-refractivity contribution in [3.05, 3.63) is 47.2 Å². The second kappa shape index (κ2) is 6.21. The monoisotopic (exact) mass is 350 g/mol. The maximum Gasteiger partial charge on any atom is 0.274 e. The van der Waals surface area contributed by atoms with Crippen LogP contribution in [0.15, 0.2) is 52.1 Å². The molecule has 0 unspecified atom stereocenters. The number of sulfonamides is 1. The molecule has 0 spiro atoms. The van der Waals surface area contributed by atoms with Crippen LogP contribution in [0.2, 0.25) is 0 Å². The van der Waals surface area contributed by atoms with Gasteiger partial charge in [-0.15, -0.1) is 11.8 Å². The molecule has 1 N–H and O–H groups in total. The zero-order valence-corrected chi connectivity index (χ0v) is 13.9. The Morgan fingerprint density at radius 1 is 1.30 bits per heavy atom. The topological polar surface area (TPSA) is 85.4 Å². The van der Waals surface area contributed by atoms with Crippen molar-refractivity contribution in [2.24, 2.45) is 0 Å². The first-order chi connectivity index (χ1) is 11.0. The van der Waals surface area contributed by atoms with Gasteiger partial charge in [-0.2, -0.15) is 0 Å². The van der Waals surface area contributed by atoms with Crippen LogP contribution in [-0.4, -0.2) is 31.7 Å². The Hall–Kier alpha value is -2.06. The van der Waals surface area contributed by atoms with Gasteiger partial charge >= 0.3 is 0 Å². The number of hydrogen-bond donors (Lipinski definition) is 1. The number of hydrogen-bond acceptors (Lipinski definition) is 6. The number of carbonyl (C=O) groups excluding carboxylic acids is 1. The summed E-state index contributed by atoms with van der Waals surface area (Å²) in [6.45, 7) is 2.16. The van der Waals surface area contributed by atoms with Crippen molar-refractivity contribution in [3.8, 4) is 0 Å². The number of rotatable bonds is 3. The predicted molar refractivity (Wildman–Crippen MR) is 88.2 cm³/mol. The predicted octanol–water partition coefficient (Wildman–Crippen LogP) is 2.03. The van der Waals surface area contributed by atoms with Gasteiger partial charge in [0.05, 0.1) is 17.0 Å². The fourth-order valence-electron chi connectivity index (χ4n) is 2.26. The normalized spacial score (nSPS) is 15.3. The molecule has 1 aromatic carbocycles. The third kappa shape index (κ3) is 3.18. The number of thioether (sulfide) groups is 1. The van der Waals surface area contributed by atoms with E-state index in [0.29, 0.717) is 29.0 Å². The van der Waals surface area contributed by atoms with Crippen molar-refractivity contribution in [1.82, 2.24) is 9.71 Å². The fourth-order valence-corrected chi connectivity index (χ4v) is 4.32. The molecule has 0 saturated heterocycles. The van der Waals surface area contributed by atoms with Gasteiger partial charge in [0.2, 0.25) is 0 Å². The third-order valence-electron chi connectivity index (χ3n) is 3.30. The van der Waals surface area contributed by atoms with E-state index in [-0.39, 0.29) is 9.80 Å². The zero-order chi connectivity index (χ0) is 16.4. The van der Waals surface area contributed by atoms with Crippen molar-refractivity contribution in [1.29, 1.82) is 0 Å². The highest BCUT2D eigenvalue weighted by Gasteiger charge is 2.25. The molecule has 23 heavy (non-hydrogen) atoms. The number of fused-ring (bicyclic) bond motifs is 1. The lowest BCUT2D eigenvalue weighted by molar-refractivity contribution is -0.115. The van der Waals surface area contributed by atoms with E-state index in [1.54, 1.807) is 37.4 Å². The first kappa shape index (κ1) is 15.8. The number of ether oxygens (including phenoxy) is 1. The summed E-state index contributed by atoms with van der Waals surface area (Å²) in [5.41, 5.74) is 0.550. The van der Waals surface area contributed by atoms with Crippen LogP contribution in [0.25, 0.3) is 10.9 Å². The van der Waals surface area contributed by atoms with E-state index < -0.39 is 15.9 Å². The fraction of sp³-hybridized carbons (Fsp3) is 0.200. The minimum absolute atomic E-state index is 0.0245. The second-order valence-corrected chi connectivity index (χ2v) is 7.60. The summed E-state index contributed by atoms with van der Waals surface area (Å²) in [4.78, 5) is 16.7. The van der Waals surface area contributed by atoms with E-state index in [0.717, 1.165) is 0 Å². The number of nitrogens with zero attached hydrogens (tertiary/aromatic N) is 1. The molecule has 0 saturated carbocycles. The van der Waals surface area contributed by atoms with Gasteiger partial charge in [-0.3, -0.25) is 9.78 Å². The summed E-state index contributed by atoms with van der Waals surface area (Å²) in [5, 5.41) is 0.466. The lowest BCUT2D eigenvalue weighted by Gasteiger charge is -2.18. The van der Waals surface area contributed by atoms with Crippen molar-refractivity contribution in [2.75, 3.05) is 12.4 Å². The molecule has 1 aliphatic rings. The number of pyridine rings is 1. The maximum atomic E-state index is 12.6. The first-order valence-electron chi connectivity index (χ1n) is 6.86. The number of carbonyl (C=O) groups is 1. The molecule has 120 valence electrons. The van der Waals surface area contributed by atoms with Gasteiger partial charge in [-0.05, 0) is 31.2 Å². The van der Waals surface area contributed by atoms with Gasteiger partial charge in [0.25, 0.3) is 15.9 Å². The van der Waals surface area contributed by atoms with Crippen molar-refractivity contribution in [3.63, 3.8) is 0 Å². The van der Waals surface area contributed by atoms with Crippen molar-refractivity contribution in [2.45, 2.75) is 11.8 Å². The molecule has 0 bridgehead atoms. The molecule has 1 amide bonds. The molecule has 1 aliphatic heterocycles. The molecule has 8 heteroatoms. The van der Waals surface area contributed by atoms with E-state index >= 15 is 0 Å². The Morgan fingerprint density at radius 3 is 2.91 bits per heavy atom. The number of allylic oxidation sites excluding steroid dienone is 1. The van der Waals surface area contributed by atoms with Crippen LogP contribution in [0.5, 0.6) is 0 Å². The van der Waals surface area contributed by atoms with Gasteiger partial charge < -0.3 is 4.74 Å². The Balaban J connectivity index is 1.97. The number of nitrogens with one attached hydrogen (secondary N) is 1. The van der Waals surface area contributed by atoms with E-state index in [9.17, 15) is 13.2 Å². The molecular formula is C15H14N2O4S2.